The van der Waals surface area contributed by atoms with Crippen LogP contribution in [-0.4, -0.2) is 40.9 Å². The molecule has 0 aliphatic heterocycles. The van der Waals surface area contributed by atoms with Gasteiger partial charge in [0.1, 0.15) is 0 Å². The van der Waals surface area contributed by atoms with E-state index in [9.17, 15) is 0 Å². The van der Waals surface area contributed by atoms with Crippen molar-refractivity contribution in [2.24, 2.45) is 0 Å². The van der Waals surface area contributed by atoms with Crippen LogP contribution in [0.2, 0.25) is 0 Å². The van der Waals surface area contributed by atoms with E-state index in [2.05, 4.69) is 16.0 Å². The lowest BCUT2D eigenvalue weighted by Crippen LogP contribution is -1.99. The summed E-state index contributed by atoms with van der Waals surface area (Å²) < 4.78 is 18.3. The Morgan fingerprint density at radius 1 is 0.900 bits per heavy atom. The van der Waals surface area contributed by atoms with E-state index in [1.165, 1.54) is 0 Å². The number of H-pyrrole nitrogens is 1. The van der Waals surface area contributed by atoms with Crippen molar-refractivity contribution in [1.82, 2.24) is 19.6 Å². The van der Waals surface area contributed by atoms with Crippen LogP contribution in [0.1, 0.15) is 0 Å². The van der Waals surface area contributed by atoms with Crippen molar-refractivity contribution < 1.29 is 14.2 Å². The van der Waals surface area contributed by atoms with E-state index in [4.69, 9.17) is 19.3 Å². The molecule has 1 N–H and O–H groups in total. The summed E-state index contributed by atoms with van der Waals surface area (Å²) >= 11 is 0. The average Bonchev–Trinajstić information content (AvgIpc) is 3.41. The third kappa shape index (κ3) is 2.75. The largest absolute Gasteiger partial charge is 0.493 e. The highest BCUT2D eigenvalue weighted by Gasteiger charge is 2.17. The van der Waals surface area contributed by atoms with Gasteiger partial charge in [0.05, 0.1) is 32.7 Å². The van der Waals surface area contributed by atoms with Gasteiger partial charge in [0.25, 0.3) is 0 Å². The average molecular weight is 400 g/mol. The second-order valence-corrected chi connectivity index (χ2v) is 6.79. The maximum Gasteiger partial charge on any atom is 0.203 e. The highest BCUT2D eigenvalue weighted by molar-refractivity contribution is 5.95. The van der Waals surface area contributed by atoms with Crippen molar-refractivity contribution in [3.8, 4) is 39.8 Å². The number of hydrogen-bond acceptors (Lipinski definition) is 5. The second-order valence-electron chi connectivity index (χ2n) is 6.79. The molecule has 5 aromatic rings. The van der Waals surface area contributed by atoms with Crippen LogP contribution in [0.5, 0.6) is 17.2 Å². The van der Waals surface area contributed by atoms with Crippen LogP contribution >= 0.6 is 0 Å². The monoisotopic (exact) mass is 400 g/mol. The first-order valence-corrected chi connectivity index (χ1v) is 9.45. The van der Waals surface area contributed by atoms with Gasteiger partial charge in [-0.3, -0.25) is 0 Å². The molecule has 0 unspecified atom stereocenters. The van der Waals surface area contributed by atoms with Gasteiger partial charge < -0.3 is 19.2 Å². The van der Waals surface area contributed by atoms with Crippen LogP contribution in [0.15, 0.2) is 60.9 Å². The summed E-state index contributed by atoms with van der Waals surface area (Å²) in [4.78, 5) is 7.80. The maximum absolute atomic E-state index is 5.51. The Bertz CT molecular complexity index is 1340. The van der Waals surface area contributed by atoms with E-state index in [0.717, 1.165) is 39.1 Å². The molecule has 30 heavy (non-hydrogen) atoms. The first kappa shape index (κ1) is 18.1. The summed E-state index contributed by atoms with van der Waals surface area (Å²) in [7, 11) is 4.80. The van der Waals surface area contributed by atoms with Gasteiger partial charge in [-0.1, -0.05) is 18.2 Å². The van der Waals surface area contributed by atoms with Gasteiger partial charge in [0.2, 0.25) is 5.75 Å². The molecular formula is C23H20N4O3. The summed E-state index contributed by atoms with van der Waals surface area (Å²) in [6.07, 6.45) is 3.75. The quantitative estimate of drug-likeness (QED) is 0.468. The Kier molecular flexibility index (Phi) is 4.28. The molecule has 0 fully saturated rings. The predicted molar refractivity (Wildman–Crippen MR) is 115 cm³/mol. The lowest BCUT2D eigenvalue weighted by Gasteiger charge is -2.14. The minimum absolute atomic E-state index is 0.550. The lowest BCUT2D eigenvalue weighted by atomic mass is 10.1. The van der Waals surface area contributed by atoms with Gasteiger partial charge in [0.15, 0.2) is 17.1 Å². The molecule has 0 aliphatic carbocycles. The van der Waals surface area contributed by atoms with Crippen LogP contribution in [-0.2, 0) is 0 Å². The minimum Gasteiger partial charge on any atom is -0.493 e. The van der Waals surface area contributed by atoms with Crippen molar-refractivity contribution >= 4 is 16.6 Å². The molecule has 7 nitrogen and oxygen atoms in total. The van der Waals surface area contributed by atoms with E-state index in [0.29, 0.717) is 17.2 Å². The van der Waals surface area contributed by atoms with Crippen molar-refractivity contribution in [3.05, 3.63) is 60.9 Å². The number of methoxy groups -OCH3 is 3. The van der Waals surface area contributed by atoms with E-state index < -0.39 is 0 Å². The van der Waals surface area contributed by atoms with Crippen molar-refractivity contribution in [2.75, 3.05) is 21.3 Å². The van der Waals surface area contributed by atoms with Gasteiger partial charge in [-0.2, -0.15) is 5.10 Å². The molecule has 150 valence electrons. The molecule has 0 spiro atoms. The highest BCUT2D eigenvalue weighted by Crippen LogP contribution is 2.41. The third-order valence-corrected chi connectivity index (χ3v) is 5.18. The molecule has 3 heterocycles. The number of nitrogens with zero attached hydrogens (tertiary/aromatic N) is 3. The van der Waals surface area contributed by atoms with Crippen LogP contribution < -0.4 is 14.2 Å². The lowest BCUT2D eigenvalue weighted by molar-refractivity contribution is 0.324. The smallest absolute Gasteiger partial charge is 0.203 e. The SMILES string of the molecule is COc1cc(-c2ccnc3cc(-c4c[nH]c5ccccc45)nn23)cc(OC)c1OC. The van der Waals surface area contributed by atoms with E-state index in [-0.39, 0.29) is 0 Å². The minimum atomic E-state index is 0.550. The maximum atomic E-state index is 5.51. The molecule has 0 radical (unpaired) electrons. The van der Waals surface area contributed by atoms with E-state index in [1.807, 2.05) is 53.2 Å². The van der Waals surface area contributed by atoms with Gasteiger partial charge >= 0.3 is 0 Å². The summed E-state index contributed by atoms with van der Waals surface area (Å²) in [5.41, 5.74) is 5.45. The van der Waals surface area contributed by atoms with Crippen LogP contribution in [0.4, 0.5) is 0 Å². The van der Waals surface area contributed by atoms with E-state index >= 15 is 0 Å². The van der Waals surface area contributed by atoms with Gasteiger partial charge in [-0.05, 0) is 24.3 Å². The normalized spacial score (nSPS) is 11.2. The Morgan fingerprint density at radius 3 is 2.40 bits per heavy atom. The van der Waals surface area contributed by atoms with Crippen molar-refractivity contribution in [2.45, 2.75) is 0 Å². The first-order valence-electron chi connectivity index (χ1n) is 9.45. The fourth-order valence-corrected chi connectivity index (χ4v) is 3.76. The number of para-hydroxylation sites is 1. The number of fused-ring (bicyclic) bond motifs is 2. The summed E-state index contributed by atoms with van der Waals surface area (Å²) in [6, 6.07) is 15.9. The molecule has 5 rings (SSSR count). The Morgan fingerprint density at radius 2 is 1.67 bits per heavy atom. The summed E-state index contributed by atoms with van der Waals surface area (Å²) in [5.74, 6) is 1.72. The Balaban J connectivity index is 1.70. The number of ether oxygens (including phenoxy) is 3. The number of rotatable bonds is 5. The third-order valence-electron chi connectivity index (χ3n) is 5.18. The first-order chi connectivity index (χ1) is 14.7. The van der Waals surface area contributed by atoms with E-state index in [1.54, 1.807) is 27.5 Å². The number of benzene rings is 2. The van der Waals surface area contributed by atoms with Gasteiger partial charge in [-0.25, -0.2) is 9.50 Å². The second kappa shape index (κ2) is 7.11. The zero-order valence-electron chi connectivity index (χ0n) is 16.8. The van der Waals surface area contributed by atoms with Crippen LogP contribution in [0, 0.1) is 0 Å². The molecule has 7 heteroatoms. The molecule has 0 bridgehead atoms. The van der Waals surface area contributed by atoms with Gasteiger partial charge in [0, 0.05) is 40.5 Å². The highest BCUT2D eigenvalue weighted by atomic mass is 16.5. The topological polar surface area (TPSA) is 73.7 Å². The molecular weight excluding hydrogens is 380 g/mol. The predicted octanol–water partition coefficient (Wildman–Crippen LogP) is 4.57. The zero-order valence-corrected chi connectivity index (χ0v) is 16.8. The molecule has 3 aromatic heterocycles. The fourth-order valence-electron chi connectivity index (χ4n) is 3.76. The Labute approximate surface area is 172 Å². The number of nitrogens with one attached hydrogen (secondary N) is 1. The molecule has 0 atom stereocenters. The Hall–Kier alpha value is -4.00. The molecule has 0 amide bonds. The number of aromatic amines is 1. The van der Waals surface area contributed by atoms with Crippen LogP contribution in [0.25, 0.3) is 39.1 Å². The van der Waals surface area contributed by atoms with Gasteiger partial charge in [-0.15, -0.1) is 0 Å². The fraction of sp³-hybridized carbons (Fsp3) is 0.130. The van der Waals surface area contributed by atoms with Crippen LogP contribution in [0.3, 0.4) is 0 Å². The molecule has 0 saturated heterocycles. The number of aromatic nitrogens is 4. The summed E-state index contributed by atoms with van der Waals surface area (Å²) in [6.45, 7) is 0. The van der Waals surface area contributed by atoms with Crippen molar-refractivity contribution in [3.63, 3.8) is 0 Å². The molecule has 0 aliphatic rings. The molecule has 2 aromatic carbocycles. The summed E-state index contributed by atoms with van der Waals surface area (Å²) in [5, 5.41) is 5.98. The number of hydrogen-bond donors (Lipinski definition) is 1. The zero-order chi connectivity index (χ0) is 20.7. The standard InChI is InChI=1S/C23H20N4O3/c1-28-20-10-14(11-21(29-2)23(20)30-3)19-8-9-24-22-12-18(26-27(19)22)16-13-25-17-7-5-4-6-15(16)17/h4-13,25H,1-3H3. The molecule has 0 saturated carbocycles. The van der Waals surface area contributed by atoms with Crippen molar-refractivity contribution in [1.29, 1.82) is 0 Å².